The number of hydrogen-bond acceptors (Lipinski definition) is 4. The van der Waals surface area contributed by atoms with E-state index in [2.05, 4.69) is 11.9 Å². The number of nitrogens with one attached hydrogen (secondary N) is 1. The minimum atomic E-state index is 0.0275. The molecule has 6 heteroatoms. The molecular weight excluding hydrogens is 346 g/mol. The predicted octanol–water partition coefficient (Wildman–Crippen LogP) is 3.02. The first-order valence-corrected chi connectivity index (χ1v) is 10.2. The summed E-state index contributed by atoms with van der Waals surface area (Å²) >= 11 is 1.88. The maximum Gasteiger partial charge on any atom is 0.254 e. The number of benzene rings is 1. The Balaban J connectivity index is 2.05. The van der Waals surface area contributed by atoms with Gasteiger partial charge in [-0.3, -0.25) is 9.59 Å². The zero-order valence-corrected chi connectivity index (χ0v) is 16.8. The van der Waals surface area contributed by atoms with Crippen LogP contribution in [0.4, 0.5) is 5.69 Å². The molecule has 0 spiro atoms. The van der Waals surface area contributed by atoms with Crippen molar-refractivity contribution in [3.8, 4) is 0 Å². The van der Waals surface area contributed by atoms with Crippen molar-refractivity contribution in [2.24, 2.45) is 0 Å². The van der Waals surface area contributed by atoms with Crippen LogP contribution < -0.4 is 5.32 Å². The summed E-state index contributed by atoms with van der Waals surface area (Å²) in [4.78, 5) is 28.9. The highest BCUT2D eigenvalue weighted by atomic mass is 32.2. The van der Waals surface area contributed by atoms with Gasteiger partial charge >= 0.3 is 0 Å². The highest BCUT2D eigenvalue weighted by molar-refractivity contribution is 7.99. The number of carbonyl (C=O) groups is 2. The Morgan fingerprint density at radius 2 is 2.00 bits per heavy atom. The lowest BCUT2D eigenvalue weighted by Crippen LogP contribution is -2.38. The van der Waals surface area contributed by atoms with Gasteiger partial charge in [-0.2, -0.15) is 11.8 Å². The topological polar surface area (TPSA) is 52.7 Å². The van der Waals surface area contributed by atoms with E-state index in [1.165, 1.54) is 0 Å². The van der Waals surface area contributed by atoms with Crippen LogP contribution in [-0.4, -0.2) is 65.8 Å². The summed E-state index contributed by atoms with van der Waals surface area (Å²) in [5, 5.41) is 3.20. The van der Waals surface area contributed by atoms with Gasteiger partial charge in [0.15, 0.2) is 0 Å². The van der Waals surface area contributed by atoms with Gasteiger partial charge in [-0.15, -0.1) is 0 Å². The van der Waals surface area contributed by atoms with E-state index in [4.69, 9.17) is 0 Å². The van der Waals surface area contributed by atoms with Gasteiger partial charge < -0.3 is 15.1 Å². The van der Waals surface area contributed by atoms with Crippen molar-refractivity contribution in [3.05, 3.63) is 41.5 Å². The van der Waals surface area contributed by atoms with Gasteiger partial charge in [0.25, 0.3) is 5.91 Å². The Labute approximate surface area is 160 Å². The molecule has 1 aliphatic heterocycles. The number of hydrogen-bond donors (Lipinski definition) is 1. The maximum absolute atomic E-state index is 12.8. The second-order valence-corrected chi connectivity index (χ2v) is 7.83. The number of amides is 2. The third kappa shape index (κ3) is 5.27. The quantitative estimate of drug-likeness (QED) is 0.745. The Bertz CT molecular complexity index is 669. The van der Waals surface area contributed by atoms with Gasteiger partial charge in [-0.1, -0.05) is 18.2 Å². The molecule has 1 aromatic rings. The average molecular weight is 376 g/mol. The zero-order valence-electron chi connectivity index (χ0n) is 16.0. The van der Waals surface area contributed by atoms with E-state index in [0.29, 0.717) is 18.7 Å². The molecule has 1 heterocycles. The lowest BCUT2D eigenvalue weighted by atomic mass is 10.1. The average Bonchev–Trinajstić information content (AvgIpc) is 2.65. The molecule has 2 rings (SSSR count). The fourth-order valence-corrected chi connectivity index (χ4v) is 3.88. The van der Waals surface area contributed by atoms with Crippen molar-refractivity contribution in [2.45, 2.75) is 20.8 Å². The normalized spacial score (nSPS) is 14.0. The first-order valence-electron chi connectivity index (χ1n) is 9.06. The highest BCUT2D eigenvalue weighted by Gasteiger charge is 2.21. The van der Waals surface area contributed by atoms with Gasteiger partial charge in [-0.05, 0) is 38.5 Å². The van der Waals surface area contributed by atoms with Crippen molar-refractivity contribution >= 4 is 29.3 Å². The summed E-state index contributed by atoms with van der Waals surface area (Å²) < 4.78 is 0. The summed E-state index contributed by atoms with van der Waals surface area (Å²) in [6.07, 6.45) is 0. The molecule has 1 N–H and O–H groups in total. The smallest absolute Gasteiger partial charge is 0.254 e. The number of nitrogens with zero attached hydrogens (tertiary/aromatic N) is 2. The van der Waals surface area contributed by atoms with Crippen LogP contribution in [-0.2, 0) is 4.79 Å². The van der Waals surface area contributed by atoms with Crippen LogP contribution in [0.2, 0.25) is 0 Å². The number of rotatable bonds is 7. The molecule has 0 aromatic heterocycles. The second-order valence-electron chi connectivity index (χ2n) is 6.60. The van der Waals surface area contributed by atoms with E-state index < -0.39 is 0 Å². The van der Waals surface area contributed by atoms with Crippen LogP contribution in [0.5, 0.6) is 0 Å². The zero-order chi connectivity index (χ0) is 19.1. The molecule has 0 unspecified atom stereocenters. The Morgan fingerprint density at radius 1 is 1.31 bits per heavy atom. The van der Waals surface area contributed by atoms with E-state index >= 15 is 0 Å². The van der Waals surface area contributed by atoms with Gasteiger partial charge in [0.05, 0.1) is 6.54 Å². The SMILES string of the molecule is C=C(C)CN(CC)C(=O)CNc1cccc(C(=O)N2CCSCC2)c1C. The highest BCUT2D eigenvalue weighted by Crippen LogP contribution is 2.22. The van der Waals surface area contributed by atoms with Gasteiger partial charge in [0.1, 0.15) is 0 Å². The lowest BCUT2D eigenvalue weighted by molar-refractivity contribution is -0.128. The molecule has 26 heavy (non-hydrogen) atoms. The van der Waals surface area contributed by atoms with E-state index in [9.17, 15) is 9.59 Å². The first kappa shape index (κ1) is 20.4. The first-order chi connectivity index (χ1) is 12.4. The van der Waals surface area contributed by atoms with E-state index in [1.807, 2.05) is 55.6 Å². The van der Waals surface area contributed by atoms with Crippen LogP contribution in [0.15, 0.2) is 30.4 Å². The largest absolute Gasteiger partial charge is 0.376 e. The molecule has 0 radical (unpaired) electrons. The molecule has 2 amide bonds. The molecule has 0 saturated carbocycles. The predicted molar refractivity (Wildman–Crippen MR) is 110 cm³/mol. The van der Waals surface area contributed by atoms with Gasteiger partial charge in [0.2, 0.25) is 5.91 Å². The summed E-state index contributed by atoms with van der Waals surface area (Å²) in [6.45, 7) is 12.7. The van der Waals surface area contributed by atoms with Crippen LogP contribution in [0.1, 0.15) is 29.8 Å². The van der Waals surface area contributed by atoms with Crippen LogP contribution >= 0.6 is 11.8 Å². The molecule has 1 saturated heterocycles. The molecular formula is C20H29N3O2S. The second kappa shape index (κ2) is 9.67. The fraction of sp³-hybridized carbons (Fsp3) is 0.500. The number of carbonyl (C=O) groups excluding carboxylic acids is 2. The van der Waals surface area contributed by atoms with Crippen molar-refractivity contribution in [2.75, 3.05) is 49.5 Å². The van der Waals surface area contributed by atoms with E-state index in [0.717, 1.165) is 41.4 Å². The van der Waals surface area contributed by atoms with Crippen molar-refractivity contribution in [1.29, 1.82) is 0 Å². The monoisotopic (exact) mass is 375 g/mol. The van der Waals surface area contributed by atoms with Crippen LogP contribution in [0.25, 0.3) is 0 Å². The lowest BCUT2D eigenvalue weighted by Gasteiger charge is -2.27. The summed E-state index contributed by atoms with van der Waals surface area (Å²) in [5.74, 6) is 2.09. The van der Waals surface area contributed by atoms with Crippen molar-refractivity contribution < 1.29 is 9.59 Å². The standard InChI is InChI=1S/C20H29N3O2S/c1-5-22(14-15(2)3)19(24)13-21-18-8-6-7-17(16(18)4)20(25)23-9-11-26-12-10-23/h6-8,21H,2,5,9-14H2,1,3-4H3. The Morgan fingerprint density at radius 3 is 2.62 bits per heavy atom. The Hall–Kier alpha value is -1.95. The summed E-state index contributed by atoms with van der Waals surface area (Å²) in [7, 11) is 0. The van der Waals surface area contributed by atoms with Crippen LogP contribution in [0, 0.1) is 6.92 Å². The maximum atomic E-state index is 12.8. The number of thioether (sulfide) groups is 1. The molecule has 1 aliphatic rings. The van der Waals surface area contributed by atoms with Crippen LogP contribution in [0.3, 0.4) is 0 Å². The molecule has 0 aliphatic carbocycles. The number of anilines is 1. The minimum Gasteiger partial charge on any atom is -0.376 e. The van der Waals surface area contributed by atoms with E-state index in [1.54, 1.807) is 4.90 Å². The molecule has 1 fully saturated rings. The number of likely N-dealkylation sites (N-methyl/N-ethyl adjacent to an activating group) is 1. The third-order valence-corrected chi connectivity index (χ3v) is 5.43. The van der Waals surface area contributed by atoms with Crippen molar-refractivity contribution in [3.63, 3.8) is 0 Å². The molecule has 0 atom stereocenters. The fourth-order valence-electron chi connectivity index (χ4n) is 2.98. The van der Waals surface area contributed by atoms with Gasteiger partial charge in [-0.25, -0.2) is 0 Å². The molecule has 1 aromatic carbocycles. The summed E-state index contributed by atoms with van der Waals surface area (Å²) in [6, 6.07) is 5.66. The Kier molecular flexibility index (Phi) is 7.57. The van der Waals surface area contributed by atoms with E-state index in [-0.39, 0.29) is 18.4 Å². The van der Waals surface area contributed by atoms with Gasteiger partial charge in [0, 0.05) is 48.9 Å². The third-order valence-electron chi connectivity index (χ3n) is 4.49. The molecule has 0 bridgehead atoms. The minimum absolute atomic E-state index is 0.0275. The summed E-state index contributed by atoms with van der Waals surface area (Å²) in [5.41, 5.74) is 3.40. The molecule has 5 nitrogen and oxygen atoms in total. The molecule has 142 valence electrons. The van der Waals surface area contributed by atoms with Crippen molar-refractivity contribution in [1.82, 2.24) is 9.80 Å².